The van der Waals surface area contributed by atoms with Crippen molar-refractivity contribution in [3.63, 3.8) is 0 Å². The molecule has 0 N–H and O–H groups in total. The molecule has 0 bridgehead atoms. The number of fused-ring (bicyclic) bond motifs is 4. The molecule has 0 atom stereocenters. The average Bonchev–Trinajstić information content (AvgIpc) is 2.93. The summed E-state index contributed by atoms with van der Waals surface area (Å²) in [5.74, 6) is 4.10. The van der Waals surface area contributed by atoms with Gasteiger partial charge >= 0.3 is 0 Å². The van der Waals surface area contributed by atoms with Crippen LogP contribution < -0.4 is 28.4 Å². The zero-order valence-electron chi connectivity index (χ0n) is 21.2. The second-order valence-corrected chi connectivity index (χ2v) is 8.21. The van der Waals surface area contributed by atoms with Gasteiger partial charge in [-0.1, -0.05) is 24.3 Å². The van der Waals surface area contributed by atoms with Crippen LogP contribution in [0.3, 0.4) is 0 Å². The summed E-state index contributed by atoms with van der Waals surface area (Å²) < 4.78 is 35.6. The Morgan fingerprint density at radius 2 is 0.556 bits per heavy atom. The minimum absolute atomic E-state index is 0.661. The van der Waals surface area contributed by atoms with Crippen molar-refractivity contribution in [2.75, 3.05) is 42.7 Å². The number of hydrogen-bond acceptors (Lipinski definition) is 6. The van der Waals surface area contributed by atoms with Gasteiger partial charge in [0.2, 0.25) is 0 Å². The normalized spacial score (nSPS) is 15.1. The summed E-state index contributed by atoms with van der Waals surface area (Å²) in [4.78, 5) is 0. The Morgan fingerprint density at radius 1 is 0.306 bits per heavy atom. The van der Waals surface area contributed by atoms with Gasteiger partial charge in [0.25, 0.3) is 0 Å². The lowest BCUT2D eigenvalue weighted by Crippen LogP contribution is -2.01. The van der Waals surface area contributed by atoms with Crippen molar-refractivity contribution in [2.45, 2.75) is 0 Å². The molecule has 0 aromatic heterocycles. The Morgan fingerprint density at radius 3 is 0.833 bits per heavy atom. The maximum atomic E-state index is 5.95. The highest BCUT2D eigenvalue weighted by molar-refractivity contribution is 5.50. The molecule has 0 heterocycles. The van der Waals surface area contributed by atoms with Crippen LogP contribution in [0.1, 0.15) is 0 Å². The molecule has 4 aromatic carbocycles. The summed E-state index contributed by atoms with van der Waals surface area (Å²) in [7, 11) is 9.98. The number of benzene rings is 4. The van der Waals surface area contributed by atoms with Crippen LogP contribution in [0.2, 0.25) is 0 Å². The highest BCUT2D eigenvalue weighted by Gasteiger charge is 2.16. The van der Waals surface area contributed by atoms with Crippen LogP contribution in [0.15, 0.2) is 60.7 Å². The molecule has 0 fully saturated rings. The molecule has 0 amide bonds. The molecule has 36 heavy (non-hydrogen) atoms. The smallest absolute Gasteiger partial charge is 0.127 e. The Labute approximate surface area is 208 Å². The van der Waals surface area contributed by atoms with E-state index in [9.17, 15) is 0 Å². The van der Waals surface area contributed by atoms with Gasteiger partial charge in [-0.05, 0) is 46.8 Å². The van der Waals surface area contributed by atoms with Crippen LogP contribution in [0.5, 0.6) is 34.5 Å². The first-order chi connectivity index (χ1) is 17.6. The second-order valence-electron chi connectivity index (χ2n) is 8.21. The summed E-state index contributed by atoms with van der Waals surface area (Å²) >= 11 is 0. The van der Waals surface area contributed by atoms with E-state index in [-0.39, 0.29) is 0 Å². The molecule has 0 spiro atoms. The monoisotopic (exact) mass is 484 g/mol. The lowest BCUT2D eigenvalue weighted by molar-refractivity contribution is 0.389. The van der Waals surface area contributed by atoms with E-state index in [4.69, 9.17) is 28.4 Å². The van der Waals surface area contributed by atoms with Crippen molar-refractivity contribution in [1.82, 2.24) is 0 Å². The van der Waals surface area contributed by atoms with Crippen molar-refractivity contribution in [2.24, 2.45) is 0 Å². The lowest BCUT2D eigenvalue weighted by Gasteiger charge is -2.15. The van der Waals surface area contributed by atoms with Crippen LogP contribution in [-0.2, 0) is 0 Å². The van der Waals surface area contributed by atoms with E-state index in [1.807, 2.05) is 48.5 Å². The topological polar surface area (TPSA) is 55.4 Å². The first kappa shape index (κ1) is 23.4. The van der Waals surface area contributed by atoms with Crippen LogP contribution in [0.25, 0.3) is 0 Å². The van der Waals surface area contributed by atoms with Gasteiger partial charge in [-0.25, -0.2) is 0 Å². The van der Waals surface area contributed by atoms with Gasteiger partial charge in [0, 0.05) is 31.3 Å². The second kappa shape index (κ2) is 9.38. The van der Waals surface area contributed by atoms with Crippen molar-refractivity contribution in [1.29, 1.82) is 0 Å². The SMILES string of the molecule is COc1cccc2/c1=c1/c(OC)ccc(OC)/c1=c1\c(OC)ccc(OC)\c1=c1/c(OC)ccc/c1=2. The van der Waals surface area contributed by atoms with Gasteiger partial charge in [0.15, 0.2) is 0 Å². The van der Waals surface area contributed by atoms with E-state index in [1.165, 1.54) is 0 Å². The summed E-state index contributed by atoms with van der Waals surface area (Å²) in [6, 6.07) is 19.7. The van der Waals surface area contributed by atoms with Crippen LogP contribution in [0, 0.1) is 41.7 Å². The van der Waals surface area contributed by atoms with Crippen LogP contribution in [-0.4, -0.2) is 42.7 Å². The molecular formula is C30H28O6. The van der Waals surface area contributed by atoms with E-state index < -0.39 is 0 Å². The van der Waals surface area contributed by atoms with E-state index in [1.54, 1.807) is 42.7 Å². The summed E-state index contributed by atoms with van der Waals surface area (Å²) in [6.45, 7) is 0. The number of rotatable bonds is 6. The zero-order valence-corrected chi connectivity index (χ0v) is 21.2. The van der Waals surface area contributed by atoms with Gasteiger partial charge in [-0.15, -0.1) is 0 Å². The highest BCUT2D eigenvalue weighted by Crippen LogP contribution is 2.34. The number of ether oxygens (including phenoxy) is 6. The fourth-order valence-electron chi connectivity index (χ4n) is 5.17. The van der Waals surface area contributed by atoms with Gasteiger partial charge in [-0.2, -0.15) is 0 Å². The molecule has 0 radical (unpaired) electrons. The molecule has 5 rings (SSSR count). The molecule has 0 saturated carbocycles. The van der Waals surface area contributed by atoms with E-state index in [0.717, 1.165) is 41.7 Å². The summed E-state index contributed by atoms with van der Waals surface area (Å²) in [5.41, 5.74) is 0. The van der Waals surface area contributed by atoms with E-state index in [0.29, 0.717) is 34.5 Å². The van der Waals surface area contributed by atoms with Crippen LogP contribution in [0.4, 0.5) is 0 Å². The van der Waals surface area contributed by atoms with Gasteiger partial charge in [-0.3, -0.25) is 0 Å². The Hall–Kier alpha value is -4.32. The Balaban J connectivity index is 2.54. The highest BCUT2D eigenvalue weighted by atomic mass is 16.5. The lowest BCUT2D eigenvalue weighted by atomic mass is 9.99. The molecule has 1 aliphatic rings. The molecule has 6 heteroatoms. The van der Waals surface area contributed by atoms with Gasteiger partial charge in [0.05, 0.1) is 42.7 Å². The predicted octanol–water partition coefficient (Wildman–Crippen LogP) is 5.20. The molecule has 0 unspecified atom stereocenters. The number of methoxy groups -OCH3 is 6. The molecule has 1 aliphatic carbocycles. The predicted molar refractivity (Wildman–Crippen MR) is 136 cm³/mol. The zero-order chi connectivity index (χ0) is 25.4. The fraction of sp³-hybridized carbons (Fsp3) is 0.200. The fourth-order valence-corrected chi connectivity index (χ4v) is 5.17. The third-order valence-electron chi connectivity index (χ3n) is 6.67. The average molecular weight is 485 g/mol. The molecule has 184 valence electrons. The maximum Gasteiger partial charge on any atom is 0.127 e. The van der Waals surface area contributed by atoms with Crippen molar-refractivity contribution in [3.8, 4) is 34.5 Å². The standard InChI is InChI=1S/C30H28O6/c1-31-19-11-7-9-17-18-10-8-12-20(32-2)26(18)28-22(34-4)14-16-24(36-6)30(28)29-23(35-5)15-13-21(33-3)27(29)25(17)19/h7-16H,1-6H3/b18-17-,27-25+,28-26+,30-29-. The molecule has 0 aliphatic heterocycles. The minimum Gasteiger partial charge on any atom is -0.496 e. The molecule has 4 aromatic rings. The molecule has 0 saturated heterocycles. The van der Waals surface area contributed by atoms with Crippen molar-refractivity contribution in [3.05, 3.63) is 102 Å². The van der Waals surface area contributed by atoms with Crippen LogP contribution >= 0.6 is 0 Å². The van der Waals surface area contributed by atoms with E-state index in [2.05, 4.69) is 12.1 Å². The molecular weight excluding hydrogens is 456 g/mol. The maximum absolute atomic E-state index is 5.95. The quantitative estimate of drug-likeness (QED) is 0.330. The van der Waals surface area contributed by atoms with Gasteiger partial charge < -0.3 is 28.4 Å². The third kappa shape index (κ3) is 3.33. The van der Waals surface area contributed by atoms with Crippen molar-refractivity contribution < 1.29 is 28.4 Å². The Bertz CT molecular complexity index is 1730. The van der Waals surface area contributed by atoms with E-state index >= 15 is 0 Å². The molecule has 6 nitrogen and oxygen atoms in total. The summed E-state index contributed by atoms with van der Waals surface area (Å²) in [6.07, 6.45) is 0. The third-order valence-corrected chi connectivity index (χ3v) is 6.67. The first-order valence-corrected chi connectivity index (χ1v) is 11.5. The Kier molecular flexibility index (Phi) is 6.10. The largest absolute Gasteiger partial charge is 0.496 e. The van der Waals surface area contributed by atoms with Gasteiger partial charge in [0.1, 0.15) is 34.5 Å². The minimum atomic E-state index is 0.661. The van der Waals surface area contributed by atoms with Crippen molar-refractivity contribution >= 4 is 0 Å². The first-order valence-electron chi connectivity index (χ1n) is 11.5. The summed E-state index contributed by atoms with van der Waals surface area (Å²) in [5, 5.41) is 7.00. The number of hydrogen-bond donors (Lipinski definition) is 0.